The standard InChI is InChI=1S/C25H38N6O6/c1-9-15-11-25(15,21(34)35)28-19(32)17-10-16(31-14(2)12-26-29-31)13-30(17)20(33)18(23(3,4)5)27-22(36)37-24(6,7)8/h9,12,15-18H,1,10-11,13H2,2-8H3,(H,27,36)(H,28,32)(H,34,35)/t15-,16-,17+,18-,25-/m1/s1. The third-order valence-electron chi connectivity index (χ3n) is 6.77. The van der Waals surface area contributed by atoms with Crippen LogP contribution in [0.15, 0.2) is 18.9 Å². The summed E-state index contributed by atoms with van der Waals surface area (Å²) in [6, 6.07) is -2.35. The molecule has 5 atom stereocenters. The van der Waals surface area contributed by atoms with E-state index in [1.807, 2.05) is 6.92 Å². The first-order chi connectivity index (χ1) is 17.0. The van der Waals surface area contributed by atoms with Gasteiger partial charge in [0.05, 0.1) is 17.9 Å². The number of alkyl carbamates (subject to hydrolysis) is 1. The summed E-state index contributed by atoms with van der Waals surface area (Å²) in [5.74, 6) is -2.60. The van der Waals surface area contributed by atoms with Gasteiger partial charge >= 0.3 is 12.1 Å². The van der Waals surface area contributed by atoms with Crippen LogP contribution in [-0.2, 0) is 19.1 Å². The number of amides is 3. The molecule has 0 spiro atoms. The quantitative estimate of drug-likeness (QED) is 0.462. The first-order valence-corrected chi connectivity index (χ1v) is 12.3. The molecule has 0 unspecified atom stereocenters. The normalized spacial score (nSPS) is 26.2. The van der Waals surface area contributed by atoms with Crippen molar-refractivity contribution in [2.24, 2.45) is 11.3 Å². The Labute approximate surface area is 216 Å². The summed E-state index contributed by atoms with van der Waals surface area (Å²) in [7, 11) is 0. The van der Waals surface area contributed by atoms with Crippen molar-refractivity contribution in [1.82, 2.24) is 30.5 Å². The van der Waals surface area contributed by atoms with Crippen molar-refractivity contribution in [3.8, 4) is 0 Å². The van der Waals surface area contributed by atoms with E-state index >= 15 is 0 Å². The average Bonchev–Trinajstić information content (AvgIpc) is 3.07. The van der Waals surface area contributed by atoms with Crippen LogP contribution in [0, 0.1) is 18.3 Å². The summed E-state index contributed by atoms with van der Waals surface area (Å²) < 4.78 is 7.02. The Hall–Kier alpha value is -3.44. The fourth-order valence-electron chi connectivity index (χ4n) is 4.70. The van der Waals surface area contributed by atoms with Gasteiger partial charge in [-0.1, -0.05) is 32.1 Å². The highest BCUT2D eigenvalue weighted by Gasteiger charge is 2.61. The maximum Gasteiger partial charge on any atom is 0.408 e. The third-order valence-corrected chi connectivity index (χ3v) is 6.77. The molecular formula is C25H38N6O6. The minimum absolute atomic E-state index is 0.134. The van der Waals surface area contributed by atoms with E-state index in [0.717, 1.165) is 5.69 Å². The molecule has 1 aromatic rings. The molecule has 0 radical (unpaired) electrons. The lowest BCUT2D eigenvalue weighted by atomic mass is 9.85. The zero-order chi connectivity index (χ0) is 27.9. The molecule has 12 nitrogen and oxygen atoms in total. The number of likely N-dealkylation sites (tertiary alicyclic amines) is 1. The van der Waals surface area contributed by atoms with Crippen LogP contribution in [0.5, 0.6) is 0 Å². The van der Waals surface area contributed by atoms with E-state index < -0.39 is 58.4 Å². The predicted octanol–water partition coefficient (Wildman–Crippen LogP) is 1.81. The molecule has 1 saturated heterocycles. The lowest BCUT2D eigenvalue weighted by Crippen LogP contribution is -2.59. The van der Waals surface area contributed by atoms with E-state index in [9.17, 15) is 24.3 Å². The number of rotatable bonds is 7. The molecule has 204 valence electrons. The van der Waals surface area contributed by atoms with Gasteiger partial charge in [-0.2, -0.15) is 0 Å². The number of carboxylic acids is 1. The fourth-order valence-corrected chi connectivity index (χ4v) is 4.70. The van der Waals surface area contributed by atoms with Gasteiger partial charge in [-0.3, -0.25) is 9.59 Å². The molecule has 0 aromatic carbocycles. The number of aliphatic carboxylic acids is 1. The highest BCUT2D eigenvalue weighted by molar-refractivity contribution is 5.96. The maximum absolute atomic E-state index is 13.9. The number of hydrogen-bond acceptors (Lipinski definition) is 7. The van der Waals surface area contributed by atoms with Crippen LogP contribution >= 0.6 is 0 Å². The molecule has 2 heterocycles. The minimum atomic E-state index is -1.44. The van der Waals surface area contributed by atoms with Crippen molar-refractivity contribution in [2.45, 2.75) is 90.6 Å². The SMILES string of the molecule is C=C[C@@H]1C[C@]1(NC(=O)[C@@H]1C[C@@H](n2nncc2C)CN1C(=O)[C@@H](NC(=O)OC(C)(C)C)C(C)(C)C)C(=O)O. The number of carboxylic acid groups (broad SMARTS) is 1. The first kappa shape index (κ1) is 28.1. The smallest absolute Gasteiger partial charge is 0.408 e. The van der Waals surface area contributed by atoms with Crippen molar-refractivity contribution in [1.29, 1.82) is 0 Å². The van der Waals surface area contributed by atoms with E-state index in [2.05, 4.69) is 27.5 Å². The highest BCUT2D eigenvalue weighted by atomic mass is 16.6. The van der Waals surface area contributed by atoms with Crippen molar-refractivity contribution in [2.75, 3.05) is 6.54 Å². The number of aryl methyl sites for hydroxylation is 1. The molecule has 1 aliphatic heterocycles. The second-order valence-corrected chi connectivity index (χ2v) is 12.0. The van der Waals surface area contributed by atoms with Gasteiger partial charge in [-0.15, -0.1) is 11.7 Å². The van der Waals surface area contributed by atoms with Crippen LogP contribution < -0.4 is 10.6 Å². The molecular weight excluding hydrogens is 480 g/mol. The molecule has 3 amide bonds. The Balaban J connectivity index is 1.91. The maximum atomic E-state index is 13.9. The zero-order valence-electron chi connectivity index (χ0n) is 22.6. The van der Waals surface area contributed by atoms with E-state index in [1.54, 1.807) is 52.4 Å². The second-order valence-electron chi connectivity index (χ2n) is 12.0. The van der Waals surface area contributed by atoms with Crippen molar-refractivity contribution >= 4 is 23.9 Å². The van der Waals surface area contributed by atoms with Crippen molar-refractivity contribution in [3.63, 3.8) is 0 Å². The highest BCUT2D eigenvalue weighted by Crippen LogP contribution is 2.45. The van der Waals surface area contributed by atoms with Gasteiger partial charge in [-0.05, 0) is 39.5 Å². The molecule has 3 rings (SSSR count). The number of ether oxygens (including phenoxy) is 1. The van der Waals surface area contributed by atoms with Crippen LogP contribution in [0.4, 0.5) is 4.79 Å². The lowest BCUT2D eigenvalue weighted by molar-refractivity contribution is -0.146. The minimum Gasteiger partial charge on any atom is -0.479 e. The number of carbonyl (C=O) groups is 4. The number of nitrogens with zero attached hydrogens (tertiary/aromatic N) is 4. The fraction of sp³-hybridized carbons (Fsp3) is 0.680. The van der Waals surface area contributed by atoms with Crippen molar-refractivity contribution < 1.29 is 29.0 Å². The van der Waals surface area contributed by atoms with Crippen molar-refractivity contribution in [3.05, 3.63) is 24.5 Å². The monoisotopic (exact) mass is 518 g/mol. The largest absolute Gasteiger partial charge is 0.479 e. The molecule has 2 fully saturated rings. The molecule has 1 aromatic heterocycles. The molecule has 1 saturated carbocycles. The lowest BCUT2D eigenvalue weighted by Gasteiger charge is -2.36. The number of nitrogens with one attached hydrogen (secondary N) is 2. The number of aromatic nitrogens is 3. The van der Waals surface area contributed by atoms with Gasteiger partial charge in [0.2, 0.25) is 11.8 Å². The molecule has 1 aliphatic carbocycles. The molecule has 0 bridgehead atoms. The van der Waals surface area contributed by atoms with Gasteiger partial charge in [-0.25, -0.2) is 14.3 Å². The van der Waals surface area contributed by atoms with Crippen LogP contribution in [-0.4, -0.2) is 78.6 Å². The Kier molecular flexibility index (Phi) is 7.44. The van der Waals surface area contributed by atoms with Gasteiger partial charge < -0.3 is 25.4 Å². The number of hydrogen-bond donors (Lipinski definition) is 3. The topological polar surface area (TPSA) is 156 Å². The van der Waals surface area contributed by atoms with E-state index in [4.69, 9.17) is 4.74 Å². The van der Waals surface area contributed by atoms with Gasteiger partial charge in [0.1, 0.15) is 23.2 Å². The molecule has 37 heavy (non-hydrogen) atoms. The van der Waals surface area contributed by atoms with Crippen LogP contribution in [0.1, 0.15) is 66.1 Å². The van der Waals surface area contributed by atoms with Gasteiger partial charge in [0.25, 0.3) is 0 Å². The Morgan fingerprint density at radius 1 is 1.24 bits per heavy atom. The summed E-state index contributed by atoms with van der Waals surface area (Å²) in [6.07, 6.45) is 2.78. The zero-order valence-corrected chi connectivity index (χ0v) is 22.6. The average molecular weight is 519 g/mol. The second kappa shape index (κ2) is 9.79. The Bertz CT molecular complexity index is 1090. The van der Waals surface area contributed by atoms with E-state index in [1.165, 1.54) is 11.0 Å². The van der Waals surface area contributed by atoms with E-state index in [0.29, 0.717) is 0 Å². The summed E-state index contributed by atoms with van der Waals surface area (Å²) in [5, 5.41) is 23.1. The van der Waals surface area contributed by atoms with Crippen LogP contribution in [0.25, 0.3) is 0 Å². The predicted molar refractivity (Wildman–Crippen MR) is 133 cm³/mol. The van der Waals surface area contributed by atoms with Crippen LogP contribution in [0.3, 0.4) is 0 Å². The molecule has 2 aliphatic rings. The molecule has 12 heteroatoms. The summed E-state index contributed by atoms with van der Waals surface area (Å²) in [4.78, 5) is 53.4. The summed E-state index contributed by atoms with van der Waals surface area (Å²) in [6.45, 7) is 16.2. The Morgan fingerprint density at radius 2 is 1.89 bits per heavy atom. The van der Waals surface area contributed by atoms with Crippen LogP contribution in [0.2, 0.25) is 0 Å². The van der Waals surface area contributed by atoms with Gasteiger partial charge in [0.15, 0.2) is 0 Å². The first-order valence-electron chi connectivity index (χ1n) is 12.3. The third kappa shape index (κ3) is 5.94. The summed E-state index contributed by atoms with van der Waals surface area (Å²) in [5.41, 5.74) is -2.16. The van der Waals surface area contributed by atoms with E-state index in [-0.39, 0.29) is 25.4 Å². The number of carbonyl (C=O) groups excluding carboxylic acids is 3. The molecule has 3 N–H and O–H groups in total. The Morgan fingerprint density at radius 3 is 2.35 bits per heavy atom. The summed E-state index contributed by atoms with van der Waals surface area (Å²) >= 11 is 0. The van der Waals surface area contributed by atoms with Gasteiger partial charge in [0, 0.05) is 18.9 Å².